The van der Waals surface area contributed by atoms with Crippen LogP contribution >= 0.6 is 11.3 Å². The average molecular weight is 368 g/mol. The van der Waals surface area contributed by atoms with Gasteiger partial charge in [-0.1, -0.05) is 6.07 Å². The van der Waals surface area contributed by atoms with Crippen LogP contribution in [0.1, 0.15) is 22.5 Å². The first-order chi connectivity index (χ1) is 11.9. The van der Waals surface area contributed by atoms with Gasteiger partial charge in [-0.25, -0.2) is 0 Å². The molecule has 0 atom stereocenters. The third-order valence-electron chi connectivity index (χ3n) is 3.30. The van der Waals surface area contributed by atoms with Crippen molar-refractivity contribution in [2.24, 2.45) is 0 Å². The zero-order chi connectivity index (χ0) is 17.9. The standard InChI is InChI=1S/C16H14F2N2O4S/c17-16(18)23-11-6-5-10(9-12(11)24-16)20-14(21)4-1-7-19-15(22)13-3-2-8-25-13/h2-3,5-6,8-9H,1,4,7H2,(H,19,22)(H,20,21). The minimum atomic E-state index is -3.69. The van der Waals surface area contributed by atoms with E-state index < -0.39 is 6.29 Å². The zero-order valence-corrected chi connectivity index (χ0v) is 13.7. The van der Waals surface area contributed by atoms with Crippen LogP contribution in [0.2, 0.25) is 0 Å². The summed E-state index contributed by atoms with van der Waals surface area (Å²) in [4.78, 5) is 24.2. The number of ether oxygens (including phenoxy) is 2. The lowest BCUT2D eigenvalue weighted by molar-refractivity contribution is -0.286. The van der Waals surface area contributed by atoms with E-state index in [1.54, 1.807) is 12.1 Å². The van der Waals surface area contributed by atoms with Crippen LogP contribution in [0, 0.1) is 0 Å². The molecule has 6 nitrogen and oxygen atoms in total. The summed E-state index contributed by atoms with van der Waals surface area (Å²) in [5.41, 5.74) is 0.327. The summed E-state index contributed by atoms with van der Waals surface area (Å²) in [6.07, 6.45) is -3.06. The monoisotopic (exact) mass is 368 g/mol. The van der Waals surface area contributed by atoms with E-state index in [2.05, 4.69) is 20.1 Å². The fourth-order valence-electron chi connectivity index (χ4n) is 2.20. The van der Waals surface area contributed by atoms with Crippen molar-refractivity contribution in [2.75, 3.05) is 11.9 Å². The number of anilines is 1. The van der Waals surface area contributed by atoms with Gasteiger partial charge in [0.05, 0.1) is 4.88 Å². The van der Waals surface area contributed by atoms with Crippen molar-refractivity contribution < 1.29 is 27.8 Å². The number of thiophene rings is 1. The average Bonchev–Trinajstić information content (AvgIpc) is 3.17. The number of nitrogens with one attached hydrogen (secondary N) is 2. The highest BCUT2D eigenvalue weighted by Gasteiger charge is 2.43. The number of rotatable bonds is 6. The van der Waals surface area contributed by atoms with Gasteiger partial charge < -0.3 is 20.1 Å². The Labute approximate surface area is 145 Å². The molecule has 2 amide bonds. The summed E-state index contributed by atoms with van der Waals surface area (Å²) in [6, 6.07) is 7.52. The maximum atomic E-state index is 12.9. The van der Waals surface area contributed by atoms with Crippen molar-refractivity contribution in [3.63, 3.8) is 0 Å². The first kappa shape index (κ1) is 17.2. The number of hydrogen-bond acceptors (Lipinski definition) is 5. The second kappa shape index (κ2) is 7.06. The second-order valence-corrected chi connectivity index (χ2v) is 6.16. The third-order valence-corrected chi connectivity index (χ3v) is 4.16. The van der Waals surface area contributed by atoms with Crippen LogP contribution in [0.25, 0.3) is 0 Å². The summed E-state index contributed by atoms with van der Waals surface area (Å²) in [6.45, 7) is 0.359. The Bertz CT molecular complexity index is 780. The highest BCUT2D eigenvalue weighted by Crippen LogP contribution is 2.42. The molecule has 3 rings (SSSR count). The van der Waals surface area contributed by atoms with E-state index in [1.807, 2.05) is 5.38 Å². The van der Waals surface area contributed by atoms with E-state index in [0.29, 0.717) is 23.5 Å². The molecule has 2 N–H and O–H groups in total. The highest BCUT2D eigenvalue weighted by molar-refractivity contribution is 7.12. The maximum Gasteiger partial charge on any atom is 0.586 e. The van der Waals surface area contributed by atoms with E-state index in [9.17, 15) is 18.4 Å². The van der Waals surface area contributed by atoms with Crippen molar-refractivity contribution in [1.29, 1.82) is 0 Å². The molecule has 1 aliphatic rings. The number of alkyl halides is 2. The minimum Gasteiger partial charge on any atom is -0.395 e. The maximum absolute atomic E-state index is 12.9. The van der Waals surface area contributed by atoms with E-state index >= 15 is 0 Å². The quantitative estimate of drug-likeness (QED) is 0.768. The molecule has 1 aromatic heterocycles. The molecule has 0 radical (unpaired) electrons. The fraction of sp³-hybridized carbons (Fsp3) is 0.250. The van der Waals surface area contributed by atoms with Gasteiger partial charge in [-0.2, -0.15) is 0 Å². The molecule has 25 heavy (non-hydrogen) atoms. The van der Waals surface area contributed by atoms with Gasteiger partial charge in [-0.3, -0.25) is 9.59 Å². The molecule has 1 aliphatic heterocycles. The molecule has 132 valence electrons. The normalized spacial score (nSPS) is 14.2. The van der Waals surface area contributed by atoms with Crippen molar-refractivity contribution in [2.45, 2.75) is 19.1 Å². The van der Waals surface area contributed by atoms with Crippen LogP contribution in [-0.2, 0) is 4.79 Å². The lowest BCUT2D eigenvalue weighted by Gasteiger charge is -2.07. The summed E-state index contributed by atoms with van der Waals surface area (Å²) in [7, 11) is 0. The number of hydrogen-bond donors (Lipinski definition) is 2. The molecule has 0 bridgehead atoms. The number of carbonyl (C=O) groups excluding carboxylic acids is 2. The third kappa shape index (κ3) is 4.44. The highest BCUT2D eigenvalue weighted by atomic mass is 32.1. The topological polar surface area (TPSA) is 76.7 Å². The van der Waals surface area contributed by atoms with Crippen LogP contribution in [-0.4, -0.2) is 24.7 Å². The summed E-state index contributed by atoms with van der Waals surface area (Å²) in [5, 5.41) is 7.11. The fourth-order valence-corrected chi connectivity index (χ4v) is 2.84. The molecular weight excluding hydrogens is 354 g/mol. The SMILES string of the molecule is O=C(CCCNC(=O)c1cccs1)Nc1ccc2c(c1)OC(F)(F)O2. The van der Waals surface area contributed by atoms with Crippen molar-refractivity contribution >= 4 is 28.8 Å². The predicted molar refractivity (Wildman–Crippen MR) is 87.2 cm³/mol. The van der Waals surface area contributed by atoms with Gasteiger partial charge in [0.2, 0.25) is 5.91 Å². The molecule has 9 heteroatoms. The second-order valence-electron chi connectivity index (χ2n) is 5.21. The first-order valence-corrected chi connectivity index (χ1v) is 8.32. The molecule has 2 aromatic rings. The smallest absolute Gasteiger partial charge is 0.395 e. The van der Waals surface area contributed by atoms with Gasteiger partial charge in [-0.05, 0) is 30.0 Å². The molecule has 1 aromatic carbocycles. The van der Waals surface area contributed by atoms with E-state index in [0.717, 1.165) is 0 Å². The summed E-state index contributed by atoms with van der Waals surface area (Å²) < 4.78 is 34.5. The Kier molecular flexibility index (Phi) is 4.84. The molecule has 0 unspecified atom stereocenters. The minimum absolute atomic E-state index is 0.0840. The molecular formula is C16H14F2N2O4S. The van der Waals surface area contributed by atoms with Crippen molar-refractivity contribution in [1.82, 2.24) is 5.32 Å². The summed E-state index contributed by atoms with van der Waals surface area (Å²) >= 11 is 1.34. The number of carbonyl (C=O) groups is 2. The van der Waals surface area contributed by atoms with Crippen LogP contribution in [0.5, 0.6) is 11.5 Å². The Hall–Kier alpha value is -2.68. The number of fused-ring (bicyclic) bond motifs is 1. The molecule has 0 saturated carbocycles. The predicted octanol–water partition coefficient (Wildman–Crippen LogP) is 3.22. The van der Waals surface area contributed by atoms with Crippen LogP contribution in [0.3, 0.4) is 0 Å². The van der Waals surface area contributed by atoms with Crippen molar-refractivity contribution in [3.05, 3.63) is 40.6 Å². The van der Waals surface area contributed by atoms with Gasteiger partial charge >= 0.3 is 6.29 Å². The van der Waals surface area contributed by atoms with Gasteiger partial charge in [0.15, 0.2) is 11.5 Å². The first-order valence-electron chi connectivity index (χ1n) is 7.44. The van der Waals surface area contributed by atoms with Gasteiger partial charge in [0.25, 0.3) is 5.91 Å². The largest absolute Gasteiger partial charge is 0.586 e. The number of amides is 2. The molecule has 0 fully saturated rings. The van der Waals surface area contributed by atoms with Gasteiger partial charge in [-0.15, -0.1) is 20.1 Å². The lowest BCUT2D eigenvalue weighted by atomic mass is 10.2. The van der Waals surface area contributed by atoms with Gasteiger partial charge in [0, 0.05) is 24.7 Å². The van der Waals surface area contributed by atoms with Crippen LogP contribution in [0.15, 0.2) is 35.7 Å². The Morgan fingerprint density at radius 2 is 1.96 bits per heavy atom. The Morgan fingerprint density at radius 1 is 1.16 bits per heavy atom. The zero-order valence-electron chi connectivity index (χ0n) is 12.9. The number of benzene rings is 1. The lowest BCUT2D eigenvalue weighted by Crippen LogP contribution is -2.25. The van der Waals surface area contributed by atoms with E-state index in [-0.39, 0.29) is 29.7 Å². The van der Waals surface area contributed by atoms with Crippen LogP contribution in [0.4, 0.5) is 14.5 Å². The Balaban J connectivity index is 1.42. The number of halogens is 2. The van der Waals surface area contributed by atoms with E-state index in [4.69, 9.17) is 0 Å². The summed E-state index contributed by atoms with van der Waals surface area (Å²) in [5.74, 6) is -0.687. The van der Waals surface area contributed by atoms with Crippen LogP contribution < -0.4 is 20.1 Å². The molecule has 0 saturated heterocycles. The van der Waals surface area contributed by atoms with Crippen molar-refractivity contribution in [3.8, 4) is 11.5 Å². The molecule has 0 aliphatic carbocycles. The van der Waals surface area contributed by atoms with Gasteiger partial charge in [0.1, 0.15) is 0 Å². The molecule has 2 heterocycles. The van der Waals surface area contributed by atoms with E-state index in [1.165, 1.54) is 29.5 Å². The molecule has 0 spiro atoms. The Morgan fingerprint density at radius 3 is 2.72 bits per heavy atom.